The fraction of sp³-hybridized carbons (Fsp3) is 0.385. The van der Waals surface area contributed by atoms with E-state index in [1.165, 1.54) is 12.1 Å². The third-order valence-electron chi connectivity index (χ3n) is 3.33. The van der Waals surface area contributed by atoms with E-state index in [2.05, 4.69) is 6.92 Å². The Bertz CT molecular complexity index is 490. The monoisotopic (exact) mass is 234 g/mol. The Labute approximate surface area is 98.9 Å². The SMILES string of the molecule is CC1CCc2c(C(=O)O)ccc(C(=O)O)c2C1. The minimum Gasteiger partial charge on any atom is -0.478 e. The molecule has 1 aliphatic carbocycles. The lowest BCUT2D eigenvalue weighted by Gasteiger charge is -2.24. The molecule has 2 rings (SSSR count). The summed E-state index contributed by atoms with van der Waals surface area (Å²) in [5.41, 5.74) is 1.90. The number of benzene rings is 1. The van der Waals surface area contributed by atoms with Gasteiger partial charge in [0.2, 0.25) is 0 Å². The van der Waals surface area contributed by atoms with Crippen LogP contribution in [-0.2, 0) is 12.8 Å². The molecule has 0 saturated heterocycles. The van der Waals surface area contributed by atoms with Crippen molar-refractivity contribution in [2.75, 3.05) is 0 Å². The zero-order valence-electron chi connectivity index (χ0n) is 9.56. The van der Waals surface area contributed by atoms with Crippen LogP contribution in [0.4, 0.5) is 0 Å². The fourth-order valence-corrected chi connectivity index (χ4v) is 2.45. The summed E-state index contributed by atoms with van der Waals surface area (Å²) in [6, 6.07) is 2.81. The highest BCUT2D eigenvalue weighted by atomic mass is 16.4. The number of hydrogen-bond acceptors (Lipinski definition) is 2. The van der Waals surface area contributed by atoms with Gasteiger partial charge in [0.15, 0.2) is 0 Å². The van der Waals surface area contributed by atoms with Crippen molar-refractivity contribution >= 4 is 11.9 Å². The highest BCUT2D eigenvalue weighted by Crippen LogP contribution is 2.30. The predicted molar refractivity (Wildman–Crippen MR) is 61.5 cm³/mol. The lowest BCUT2D eigenvalue weighted by molar-refractivity contribution is 0.0678. The molecule has 0 aromatic heterocycles. The number of carboxylic acid groups (broad SMARTS) is 2. The lowest BCUT2D eigenvalue weighted by atomic mass is 9.80. The van der Waals surface area contributed by atoms with Crippen LogP contribution in [0.5, 0.6) is 0 Å². The summed E-state index contributed by atoms with van der Waals surface area (Å²) >= 11 is 0. The zero-order chi connectivity index (χ0) is 12.6. The standard InChI is InChI=1S/C13H14O4/c1-7-2-3-8-9(12(14)15)4-5-10(13(16)17)11(8)6-7/h4-5,7H,2-3,6H2,1H3,(H,14,15)(H,16,17). The molecule has 0 saturated carbocycles. The van der Waals surface area contributed by atoms with Crippen LogP contribution in [0.1, 0.15) is 45.2 Å². The van der Waals surface area contributed by atoms with E-state index in [4.69, 9.17) is 10.2 Å². The molecule has 0 amide bonds. The highest BCUT2D eigenvalue weighted by Gasteiger charge is 2.25. The van der Waals surface area contributed by atoms with Gasteiger partial charge in [-0.3, -0.25) is 0 Å². The van der Waals surface area contributed by atoms with E-state index < -0.39 is 11.9 Å². The number of carboxylic acids is 2. The summed E-state index contributed by atoms with van der Waals surface area (Å²) < 4.78 is 0. The minimum absolute atomic E-state index is 0.247. The van der Waals surface area contributed by atoms with Crippen molar-refractivity contribution in [2.24, 2.45) is 5.92 Å². The molecule has 4 heteroatoms. The third kappa shape index (κ3) is 2.02. The number of rotatable bonds is 2. The molecule has 1 aromatic rings. The lowest BCUT2D eigenvalue weighted by Crippen LogP contribution is -2.19. The minimum atomic E-state index is -0.979. The van der Waals surface area contributed by atoms with E-state index in [1.807, 2.05) is 0 Å². The van der Waals surface area contributed by atoms with E-state index >= 15 is 0 Å². The zero-order valence-corrected chi connectivity index (χ0v) is 9.56. The molecule has 4 nitrogen and oxygen atoms in total. The fourth-order valence-electron chi connectivity index (χ4n) is 2.45. The third-order valence-corrected chi connectivity index (χ3v) is 3.33. The summed E-state index contributed by atoms with van der Waals surface area (Å²) in [6.07, 6.45) is 2.22. The largest absolute Gasteiger partial charge is 0.478 e. The number of hydrogen-bond donors (Lipinski definition) is 2. The summed E-state index contributed by atoms with van der Waals surface area (Å²) in [5.74, 6) is -1.55. The van der Waals surface area contributed by atoms with Crippen molar-refractivity contribution in [1.29, 1.82) is 0 Å². The molecule has 17 heavy (non-hydrogen) atoms. The first-order chi connectivity index (χ1) is 8.00. The number of carbonyl (C=O) groups is 2. The molecule has 1 atom stereocenters. The van der Waals surface area contributed by atoms with Gasteiger partial charge in [-0.05, 0) is 48.4 Å². The van der Waals surface area contributed by atoms with E-state index in [0.717, 1.165) is 6.42 Å². The maximum atomic E-state index is 11.1. The van der Waals surface area contributed by atoms with Gasteiger partial charge in [0.1, 0.15) is 0 Å². The van der Waals surface area contributed by atoms with Crippen molar-refractivity contribution in [3.63, 3.8) is 0 Å². The molecular formula is C13H14O4. The van der Waals surface area contributed by atoms with Gasteiger partial charge < -0.3 is 10.2 Å². The van der Waals surface area contributed by atoms with Gasteiger partial charge in [-0.2, -0.15) is 0 Å². The smallest absolute Gasteiger partial charge is 0.335 e. The molecule has 90 valence electrons. The van der Waals surface area contributed by atoms with Crippen LogP contribution >= 0.6 is 0 Å². The quantitative estimate of drug-likeness (QED) is 0.822. The normalized spacial score (nSPS) is 18.5. The van der Waals surface area contributed by atoms with Crippen LogP contribution < -0.4 is 0 Å². The van der Waals surface area contributed by atoms with Crippen LogP contribution in [0, 0.1) is 5.92 Å². The molecule has 0 heterocycles. The van der Waals surface area contributed by atoms with Crippen molar-refractivity contribution in [1.82, 2.24) is 0 Å². The molecule has 0 radical (unpaired) electrons. The van der Waals surface area contributed by atoms with Crippen molar-refractivity contribution in [2.45, 2.75) is 26.2 Å². The average Bonchev–Trinajstić information content (AvgIpc) is 2.26. The summed E-state index contributed by atoms with van der Waals surface area (Å²) in [6.45, 7) is 2.06. The molecule has 0 aliphatic heterocycles. The van der Waals surface area contributed by atoms with Crippen LogP contribution in [0.15, 0.2) is 12.1 Å². The first-order valence-electron chi connectivity index (χ1n) is 5.62. The van der Waals surface area contributed by atoms with Crippen LogP contribution in [-0.4, -0.2) is 22.2 Å². The van der Waals surface area contributed by atoms with E-state index in [-0.39, 0.29) is 11.1 Å². The Morgan fingerprint density at radius 2 is 1.65 bits per heavy atom. The molecule has 0 bridgehead atoms. The second-order valence-corrected chi connectivity index (χ2v) is 4.58. The summed E-state index contributed by atoms with van der Waals surface area (Å²) in [4.78, 5) is 22.2. The van der Waals surface area contributed by atoms with Gasteiger partial charge in [0.05, 0.1) is 11.1 Å². The van der Waals surface area contributed by atoms with Gasteiger partial charge >= 0.3 is 11.9 Å². The van der Waals surface area contributed by atoms with Crippen LogP contribution in [0.2, 0.25) is 0 Å². The molecular weight excluding hydrogens is 220 g/mol. The maximum absolute atomic E-state index is 11.1. The van der Waals surface area contributed by atoms with Gasteiger partial charge in [-0.1, -0.05) is 6.92 Å². The Morgan fingerprint density at radius 3 is 2.18 bits per heavy atom. The molecule has 0 fully saturated rings. The Hall–Kier alpha value is -1.84. The van der Waals surface area contributed by atoms with Crippen molar-refractivity contribution < 1.29 is 19.8 Å². The Balaban J connectivity index is 2.62. The van der Waals surface area contributed by atoms with Gasteiger partial charge in [-0.15, -0.1) is 0 Å². The Morgan fingerprint density at radius 1 is 1.12 bits per heavy atom. The average molecular weight is 234 g/mol. The van der Waals surface area contributed by atoms with E-state index in [0.29, 0.717) is 29.9 Å². The van der Waals surface area contributed by atoms with Gasteiger partial charge in [0, 0.05) is 0 Å². The van der Waals surface area contributed by atoms with Crippen molar-refractivity contribution in [3.05, 3.63) is 34.4 Å². The molecule has 2 N–H and O–H groups in total. The first kappa shape index (κ1) is 11.6. The molecule has 1 unspecified atom stereocenters. The maximum Gasteiger partial charge on any atom is 0.335 e. The van der Waals surface area contributed by atoms with Crippen molar-refractivity contribution in [3.8, 4) is 0 Å². The van der Waals surface area contributed by atoms with Gasteiger partial charge in [-0.25, -0.2) is 9.59 Å². The number of fused-ring (bicyclic) bond motifs is 1. The van der Waals surface area contributed by atoms with Crippen LogP contribution in [0.3, 0.4) is 0 Å². The molecule has 0 spiro atoms. The summed E-state index contributed by atoms with van der Waals surface area (Å²) in [5, 5.41) is 18.2. The summed E-state index contributed by atoms with van der Waals surface area (Å²) in [7, 11) is 0. The highest BCUT2D eigenvalue weighted by molar-refractivity contribution is 5.95. The second kappa shape index (κ2) is 4.20. The van der Waals surface area contributed by atoms with Crippen LogP contribution in [0.25, 0.3) is 0 Å². The molecule has 1 aliphatic rings. The molecule has 1 aromatic carbocycles. The van der Waals surface area contributed by atoms with E-state index in [1.54, 1.807) is 0 Å². The topological polar surface area (TPSA) is 74.6 Å². The predicted octanol–water partition coefficient (Wildman–Crippen LogP) is 2.21. The second-order valence-electron chi connectivity index (χ2n) is 4.58. The van der Waals surface area contributed by atoms with Gasteiger partial charge in [0.25, 0.3) is 0 Å². The first-order valence-corrected chi connectivity index (χ1v) is 5.62. The van der Waals surface area contributed by atoms with E-state index in [9.17, 15) is 9.59 Å². The number of aromatic carboxylic acids is 2. The Kier molecular flexibility index (Phi) is 2.88.